The zero-order valence-corrected chi connectivity index (χ0v) is 14.1. The Morgan fingerprint density at radius 1 is 1.27 bits per heavy atom. The molecule has 1 fully saturated rings. The van der Waals surface area contributed by atoms with Crippen molar-refractivity contribution in [3.63, 3.8) is 0 Å². The number of sulfonamides is 1. The largest absolute Gasteiger partial charge is 0.493 e. The lowest BCUT2D eigenvalue weighted by Gasteiger charge is -2.32. The first kappa shape index (κ1) is 17.1. The van der Waals surface area contributed by atoms with Crippen molar-refractivity contribution in [2.24, 2.45) is 5.92 Å². The summed E-state index contributed by atoms with van der Waals surface area (Å²) in [4.78, 5) is 0.246. The van der Waals surface area contributed by atoms with Crippen molar-refractivity contribution in [1.82, 2.24) is 9.62 Å². The molecule has 7 heteroatoms. The van der Waals surface area contributed by atoms with Gasteiger partial charge in [0.25, 0.3) is 0 Å². The average Bonchev–Trinajstić information content (AvgIpc) is 2.54. The Bertz CT molecular complexity index is 602. The van der Waals surface area contributed by atoms with Crippen LogP contribution in [0.3, 0.4) is 0 Å². The molecule has 0 amide bonds. The SMILES string of the molecule is CNCC1CCCN(S(=O)(=O)c2ccc(OC)c(OC)c2)C1. The van der Waals surface area contributed by atoms with Gasteiger partial charge in [0.15, 0.2) is 11.5 Å². The number of ether oxygens (including phenoxy) is 2. The first-order valence-electron chi connectivity index (χ1n) is 7.39. The van der Waals surface area contributed by atoms with Crippen LogP contribution in [0.1, 0.15) is 12.8 Å². The van der Waals surface area contributed by atoms with E-state index in [1.165, 1.54) is 20.3 Å². The van der Waals surface area contributed by atoms with Gasteiger partial charge in [-0.3, -0.25) is 0 Å². The third-order valence-corrected chi connectivity index (χ3v) is 5.83. The van der Waals surface area contributed by atoms with Gasteiger partial charge < -0.3 is 14.8 Å². The standard InChI is InChI=1S/C15H24N2O4S/c1-16-10-12-5-4-8-17(11-12)22(18,19)13-6-7-14(20-2)15(9-13)21-3/h6-7,9,12,16H,4-5,8,10-11H2,1-3H3. The molecule has 1 aliphatic rings. The number of methoxy groups -OCH3 is 2. The Kier molecular flexibility index (Phi) is 5.66. The molecule has 0 aromatic heterocycles. The van der Waals surface area contributed by atoms with Crippen LogP contribution in [-0.4, -0.2) is 53.6 Å². The van der Waals surface area contributed by atoms with Gasteiger partial charge in [-0.1, -0.05) is 0 Å². The molecule has 2 rings (SSSR count). The van der Waals surface area contributed by atoms with Crippen molar-refractivity contribution < 1.29 is 17.9 Å². The summed E-state index contributed by atoms with van der Waals surface area (Å²) < 4.78 is 37.6. The van der Waals surface area contributed by atoms with Crippen molar-refractivity contribution in [1.29, 1.82) is 0 Å². The summed E-state index contributed by atoms with van der Waals surface area (Å²) in [6.45, 7) is 1.95. The molecule has 1 heterocycles. The van der Waals surface area contributed by atoms with Gasteiger partial charge in [-0.15, -0.1) is 0 Å². The second-order valence-corrected chi connectivity index (χ2v) is 7.38. The second kappa shape index (κ2) is 7.30. The molecule has 0 bridgehead atoms. The summed E-state index contributed by atoms with van der Waals surface area (Å²) in [7, 11) is 1.41. The fourth-order valence-corrected chi connectivity index (χ4v) is 4.40. The van der Waals surface area contributed by atoms with Crippen LogP contribution in [0.15, 0.2) is 23.1 Å². The lowest BCUT2D eigenvalue weighted by atomic mass is 10.00. The summed E-state index contributed by atoms with van der Waals surface area (Å²) >= 11 is 0. The summed E-state index contributed by atoms with van der Waals surface area (Å²) in [5, 5.41) is 3.12. The number of hydrogen-bond donors (Lipinski definition) is 1. The van der Waals surface area contributed by atoms with Gasteiger partial charge in [-0.05, 0) is 44.5 Å². The zero-order chi connectivity index (χ0) is 16.2. The quantitative estimate of drug-likeness (QED) is 0.853. The molecule has 1 aromatic carbocycles. The lowest BCUT2D eigenvalue weighted by Crippen LogP contribution is -2.42. The Morgan fingerprint density at radius 3 is 2.64 bits per heavy atom. The molecule has 0 saturated carbocycles. The maximum Gasteiger partial charge on any atom is 0.243 e. The van der Waals surface area contributed by atoms with E-state index in [-0.39, 0.29) is 4.90 Å². The molecule has 22 heavy (non-hydrogen) atoms. The van der Waals surface area contributed by atoms with Gasteiger partial charge in [0.1, 0.15) is 0 Å². The highest BCUT2D eigenvalue weighted by Gasteiger charge is 2.30. The summed E-state index contributed by atoms with van der Waals surface area (Å²) in [6, 6.07) is 4.72. The number of nitrogens with zero attached hydrogens (tertiary/aromatic N) is 1. The summed E-state index contributed by atoms with van der Waals surface area (Å²) in [5.41, 5.74) is 0. The molecule has 1 aliphatic heterocycles. The van der Waals surface area contributed by atoms with Crippen LogP contribution in [0.5, 0.6) is 11.5 Å². The van der Waals surface area contributed by atoms with Gasteiger partial charge in [0, 0.05) is 19.2 Å². The monoisotopic (exact) mass is 328 g/mol. The van der Waals surface area contributed by atoms with Gasteiger partial charge in [-0.25, -0.2) is 8.42 Å². The Balaban J connectivity index is 2.26. The van der Waals surface area contributed by atoms with E-state index in [9.17, 15) is 8.42 Å². The number of hydrogen-bond acceptors (Lipinski definition) is 5. The Morgan fingerprint density at radius 2 is 2.00 bits per heavy atom. The molecule has 6 nitrogen and oxygen atoms in total. The second-order valence-electron chi connectivity index (χ2n) is 5.45. The highest BCUT2D eigenvalue weighted by molar-refractivity contribution is 7.89. The number of piperidine rings is 1. The predicted molar refractivity (Wildman–Crippen MR) is 85.0 cm³/mol. The number of benzene rings is 1. The number of rotatable bonds is 6. The van der Waals surface area contributed by atoms with E-state index < -0.39 is 10.0 Å². The van der Waals surface area contributed by atoms with Gasteiger partial charge in [-0.2, -0.15) is 4.31 Å². The molecule has 0 spiro atoms. The van der Waals surface area contributed by atoms with Crippen molar-refractivity contribution in [2.75, 3.05) is 40.9 Å². The molecule has 1 N–H and O–H groups in total. The van der Waals surface area contributed by atoms with Crippen LogP contribution in [-0.2, 0) is 10.0 Å². The molecular weight excluding hydrogens is 304 g/mol. The van der Waals surface area contributed by atoms with Crippen molar-refractivity contribution in [2.45, 2.75) is 17.7 Å². The van der Waals surface area contributed by atoms with Crippen LogP contribution in [0, 0.1) is 5.92 Å². The third-order valence-electron chi connectivity index (χ3n) is 3.97. The van der Waals surface area contributed by atoms with E-state index in [2.05, 4.69) is 5.32 Å². The van der Waals surface area contributed by atoms with Crippen LogP contribution < -0.4 is 14.8 Å². The number of nitrogens with one attached hydrogen (secondary N) is 1. The maximum absolute atomic E-state index is 12.8. The fraction of sp³-hybridized carbons (Fsp3) is 0.600. The Hall–Kier alpha value is -1.31. The lowest BCUT2D eigenvalue weighted by molar-refractivity contribution is 0.263. The minimum atomic E-state index is -3.50. The van der Waals surface area contributed by atoms with E-state index in [0.717, 1.165) is 19.4 Å². The van der Waals surface area contributed by atoms with Crippen LogP contribution in [0.25, 0.3) is 0 Å². The average molecular weight is 328 g/mol. The highest BCUT2D eigenvalue weighted by Crippen LogP contribution is 2.31. The van der Waals surface area contributed by atoms with Gasteiger partial charge >= 0.3 is 0 Å². The van der Waals surface area contributed by atoms with E-state index >= 15 is 0 Å². The van der Waals surface area contributed by atoms with Crippen LogP contribution >= 0.6 is 0 Å². The van der Waals surface area contributed by atoms with Crippen molar-refractivity contribution >= 4 is 10.0 Å². The molecule has 124 valence electrons. The first-order chi connectivity index (χ1) is 10.5. The van der Waals surface area contributed by atoms with Gasteiger partial charge in [0.05, 0.1) is 19.1 Å². The molecule has 1 aromatic rings. The Labute approximate surface area is 132 Å². The molecule has 1 unspecified atom stereocenters. The van der Waals surface area contributed by atoms with Crippen LogP contribution in [0.4, 0.5) is 0 Å². The van der Waals surface area contributed by atoms with Crippen molar-refractivity contribution in [3.8, 4) is 11.5 Å². The minimum absolute atomic E-state index is 0.246. The maximum atomic E-state index is 12.8. The van der Waals surface area contributed by atoms with Crippen LogP contribution in [0.2, 0.25) is 0 Å². The van der Waals surface area contributed by atoms with Crippen molar-refractivity contribution in [3.05, 3.63) is 18.2 Å². The molecule has 0 radical (unpaired) electrons. The van der Waals surface area contributed by atoms with E-state index in [0.29, 0.717) is 30.5 Å². The smallest absolute Gasteiger partial charge is 0.243 e. The van der Waals surface area contributed by atoms with E-state index in [1.807, 2.05) is 7.05 Å². The molecule has 1 atom stereocenters. The molecule has 0 aliphatic carbocycles. The minimum Gasteiger partial charge on any atom is -0.493 e. The normalized spacial score (nSPS) is 19.9. The van der Waals surface area contributed by atoms with E-state index in [4.69, 9.17) is 9.47 Å². The first-order valence-corrected chi connectivity index (χ1v) is 8.83. The third kappa shape index (κ3) is 3.53. The highest BCUT2D eigenvalue weighted by atomic mass is 32.2. The summed E-state index contributed by atoms with van der Waals surface area (Å²) in [6.07, 6.45) is 1.94. The molecular formula is C15H24N2O4S. The zero-order valence-electron chi connectivity index (χ0n) is 13.3. The summed E-state index contributed by atoms with van der Waals surface area (Å²) in [5.74, 6) is 1.30. The fourth-order valence-electron chi connectivity index (χ4n) is 2.83. The van der Waals surface area contributed by atoms with E-state index in [1.54, 1.807) is 16.4 Å². The topological polar surface area (TPSA) is 67.9 Å². The molecule has 1 saturated heterocycles. The predicted octanol–water partition coefficient (Wildman–Crippen LogP) is 1.32. The van der Waals surface area contributed by atoms with Gasteiger partial charge in [0.2, 0.25) is 10.0 Å².